The largest absolute Gasteiger partial charge is 0.484 e. The van der Waals surface area contributed by atoms with Crippen molar-refractivity contribution >= 4 is 44.0 Å². The van der Waals surface area contributed by atoms with Gasteiger partial charge >= 0.3 is 0 Å². The van der Waals surface area contributed by atoms with Crippen LogP contribution in [0, 0.1) is 0 Å². The predicted octanol–water partition coefficient (Wildman–Crippen LogP) is 3.68. The fourth-order valence-corrected chi connectivity index (χ4v) is 4.35. The molecule has 1 aromatic heterocycles. The van der Waals surface area contributed by atoms with Crippen molar-refractivity contribution in [1.29, 1.82) is 0 Å². The smallest absolute Gasteiger partial charge is 0.262 e. The van der Waals surface area contributed by atoms with Crippen LogP contribution < -0.4 is 25.1 Å². The monoisotopic (exact) mass is 493 g/mol. The Morgan fingerprint density at radius 2 is 1.71 bits per heavy atom. The summed E-state index contributed by atoms with van der Waals surface area (Å²) in [5.41, 5.74) is 1.75. The van der Waals surface area contributed by atoms with E-state index in [1.165, 1.54) is 36.6 Å². The van der Waals surface area contributed by atoms with Crippen LogP contribution in [0.25, 0.3) is 11.0 Å². The van der Waals surface area contributed by atoms with Crippen molar-refractivity contribution in [2.45, 2.75) is 4.90 Å². The van der Waals surface area contributed by atoms with Crippen molar-refractivity contribution in [1.82, 2.24) is 0 Å². The van der Waals surface area contributed by atoms with Crippen LogP contribution in [0.5, 0.6) is 5.75 Å². The Labute approximate surface area is 202 Å². The minimum atomic E-state index is -3.81. The van der Waals surface area contributed by atoms with Gasteiger partial charge in [-0.3, -0.25) is 14.3 Å². The number of benzene rings is 3. The summed E-state index contributed by atoms with van der Waals surface area (Å²) in [5.74, 6) is -0.0808. The molecule has 180 valence electrons. The predicted molar refractivity (Wildman–Crippen MR) is 135 cm³/mol. The number of nitrogens with zero attached hydrogens (tertiary/aromatic N) is 1. The Kier molecular flexibility index (Phi) is 6.74. The molecule has 0 aliphatic rings. The summed E-state index contributed by atoms with van der Waals surface area (Å²) < 4.78 is 38.8. The molecule has 0 saturated carbocycles. The van der Waals surface area contributed by atoms with Gasteiger partial charge < -0.3 is 19.4 Å². The fourth-order valence-electron chi connectivity index (χ4n) is 3.30. The molecule has 0 aliphatic heterocycles. The lowest BCUT2D eigenvalue weighted by Crippen LogP contribution is -2.20. The fraction of sp³-hybridized carbons (Fsp3) is 0.120. The molecule has 3 aromatic carbocycles. The number of sulfonamides is 1. The Balaban J connectivity index is 1.38. The first-order chi connectivity index (χ1) is 16.7. The molecule has 9 nitrogen and oxygen atoms in total. The molecule has 0 fully saturated rings. The van der Waals surface area contributed by atoms with Crippen LogP contribution in [0.3, 0.4) is 0 Å². The number of fused-ring (bicyclic) bond motifs is 1. The van der Waals surface area contributed by atoms with Crippen molar-refractivity contribution in [3.8, 4) is 5.75 Å². The quantitative estimate of drug-likeness (QED) is 0.384. The van der Waals surface area contributed by atoms with E-state index in [0.29, 0.717) is 28.1 Å². The van der Waals surface area contributed by atoms with Gasteiger partial charge in [0.15, 0.2) is 12.0 Å². The van der Waals surface area contributed by atoms with Crippen LogP contribution in [-0.2, 0) is 14.8 Å². The van der Waals surface area contributed by atoms with Crippen LogP contribution in [0.2, 0.25) is 0 Å². The Morgan fingerprint density at radius 3 is 2.46 bits per heavy atom. The summed E-state index contributed by atoms with van der Waals surface area (Å²) in [6.45, 7) is -0.295. The van der Waals surface area contributed by atoms with Crippen molar-refractivity contribution in [2.24, 2.45) is 0 Å². The molecule has 0 bridgehead atoms. The zero-order valence-corrected chi connectivity index (χ0v) is 19.8. The molecule has 1 heterocycles. The van der Waals surface area contributed by atoms with Crippen molar-refractivity contribution in [3.63, 3.8) is 0 Å². The third-order valence-corrected chi connectivity index (χ3v) is 6.46. The molecule has 0 aliphatic carbocycles. The van der Waals surface area contributed by atoms with Gasteiger partial charge in [-0.05, 0) is 54.6 Å². The van der Waals surface area contributed by atoms with Crippen molar-refractivity contribution in [2.75, 3.05) is 35.6 Å². The van der Waals surface area contributed by atoms with Gasteiger partial charge in [-0.2, -0.15) is 0 Å². The van der Waals surface area contributed by atoms with Gasteiger partial charge in [0.2, 0.25) is 0 Å². The highest BCUT2D eigenvalue weighted by Gasteiger charge is 2.15. The van der Waals surface area contributed by atoms with E-state index >= 15 is 0 Å². The first-order valence-corrected chi connectivity index (χ1v) is 12.0. The highest BCUT2D eigenvalue weighted by Crippen LogP contribution is 2.22. The van der Waals surface area contributed by atoms with E-state index in [1.54, 1.807) is 42.5 Å². The molecule has 4 rings (SSSR count). The molecule has 0 radical (unpaired) electrons. The van der Waals surface area contributed by atoms with Crippen molar-refractivity contribution in [3.05, 3.63) is 89.3 Å². The number of rotatable bonds is 8. The summed E-state index contributed by atoms with van der Waals surface area (Å²) in [7, 11) is -0.0680. The lowest BCUT2D eigenvalue weighted by Gasteiger charge is -2.14. The minimum Gasteiger partial charge on any atom is -0.484 e. The van der Waals surface area contributed by atoms with Crippen molar-refractivity contribution < 1.29 is 22.4 Å². The maximum atomic E-state index is 12.7. The molecular formula is C25H23N3O6S. The van der Waals surface area contributed by atoms with E-state index < -0.39 is 15.9 Å². The summed E-state index contributed by atoms with van der Waals surface area (Å²) in [6, 6.07) is 18.8. The lowest BCUT2D eigenvalue weighted by atomic mass is 10.2. The molecule has 0 saturated heterocycles. The number of anilines is 3. The topological polar surface area (TPSA) is 118 Å². The maximum Gasteiger partial charge on any atom is 0.262 e. The average Bonchev–Trinajstić information content (AvgIpc) is 2.83. The van der Waals surface area contributed by atoms with Gasteiger partial charge in [-0.1, -0.05) is 6.07 Å². The first kappa shape index (κ1) is 23.8. The zero-order chi connectivity index (χ0) is 25.0. The van der Waals surface area contributed by atoms with E-state index in [-0.39, 0.29) is 16.9 Å². The first-order valence-electron chi connectivity index (χ1n) is 10.6. The van der Waals surface area contributed by atoms with E-state index in [9.17, 15) is 18.0 Å². The van der Waals surface area contributed by atoms with E-state index in [4.69, 9.17) is 9.15 Å². The molecule has 0 atom stereocenters. The summed E-state index contributed by atoms with van der Waals surface area (Å²) in [6.07, 6.45) is 1.29. The van der Waals surface area contributed by atoms with Gasteiger partial charge in [-0.15, -0.1) is 0 Å². The average molecular weight is 494 g/mol. The Morgan fingerprint density at radius 1 is 0.971 bits per heavy atom. The molecular weight excluding hydrogens is 470 g/mol. The second-order valence-corrected chi connectivity index (χ2v) is 9.54. The summed E-state index contributed by atoms with van der Waals surface area (Å²) in [5, 5.41) is 3.08. The van der Waals surface area contributed by atoms with Gasteiger partial charge in [0, 0.05) is 37.6 Å². The molecule has 35 heavy (non-hydrogen) atoms. The number of nitrogens with one attached hydrogen (secondary N) is 2. The number of ether oxygens (including phenoxy) is 1. The second kappa shape index (κ2) is 9.90. The summed E-state index contributed by atoms with van der Waals surface area (Å²) in [4.78, 5) is 26.1. The third kappa shape index (κ3) is 5.79. The van der Waals surface area contributed by atoms with Crippen LogP contribution in [0.1, 0.15) is 0 Å². The number of carbonyl (C=O) groups excluding carboxylic acids is 1. The number of hydrogen-bond acceptors (Lipinski definition) is 7. The molecule has 10 heteroatoms. The zero-order valence-electron chi connectivity index (χ0n) is 19.0. The molecule has 4 aromatic rings. The Bertz CT molecular complexity index is 1530. The minimum absolute atomic E-state index is 0.122. The molecule has 0 spiro atoms. The number of amides is 1. The van der Waals surface area contributed by atoms with E-state index in [0.717, 1.165) is 5.69 Å². The van der Waals surface area contributed by atoms with E-state index in [1.807, 2.05) is 19.0 Å². The lowest BCUT2D eigenvalue weighted by molar-refractivity contribution is -0.118. The van der Waals surface area contributed by atoms with Crippen LogP contribution in [0.4, 0.5) is 17.1 Å². The molecule has 0 unspecified atom stereocenters. The van der Waals surface area contributed by atoms with Crippen LogP contribution in [0.15, 0.2) is 93.2 Å². The number of carbonyl (C=O) groups is 1. The molecule has 2 N–H and O–H groups in total. The van der Waals surface area contributed by atoms with Gasteiger partial charge in [0.05, 0.1) is 22.2 Å². The van der Waals surface area contributed by atoms with Gasteiger partial charge in [-0.25, -0.2) is 8.42 Å². The van der Waals surface area contributed by atoms with Crippen LogP contribution >= 0.6 is 0 Å². The maximum absolute atomic E-state index is 12.7. The SMILES string of the molecule is CN(C)c1ccc(S(=O)(=O)Nc2cccc(NC(=O)COc3ccc4c(=O)ccoc4c3)c2)cc1. The normalized spacial score (nSPS) is 11.1. The molecule has 1 amide bonds. The van der Waals surface area contributed by atoms with Crippen LogP contribution in [-0.4, -0.2) is 35.0 Å². The standard InChI is InChI=1S/C25H23N3O6S/c1-28(2)19-6-9-21(10-7-19)35(31,32)27-18-5-3-4-17(14-18)26-25(30)16-34-20-8-11-22-23(29)12-13-33-24(22)15-20/h3-15,27H,16H2,1-2H3,(H,26,30). The van der Waals surface area contributed by atoms with Gasteiger partial charge in [0.1, 0.15) is 11.3 Å². The third-order valence-electron chi connectivity index (χ3n) is 5.06. The summed E-state index contributed by atoms with van der Waals surface area (Å²) >= 11 is 0. The second-order valence-electron chi connectivity index (χ2n) is 7.85. The van der Waals surface area contributed by atoms with E-state index in [2.05, 4.69) is 10.0 Å². The van der Waals surface area contributed by atoms with Gasteiger partial charge in [0.25, 0.3) is 15.9 Å². The highest BCUT2D eigenvalue weighted by atomic mass is 32.2. The highest BCUT2D eigenvalue weighted by molar-refractivity contribution is 7.92. The Hall–Kier alpha value is -4.31. The number of hydrogen-bond donors (Lipinski definition) is 2.